The number of carbonyl (C=O) groups excluding carboxylic acids is 1. The quantitative estimate of drug-likeness (QED) is 0.785. The maximum atomic E-state index is 13.6. The Labute approximate surface area is 93.8 Å². The first-order valence-corrected chi connectivity index (χ1v) is 5.26. The molecule has 3 nitrogen and oxygen atoms in total. The molecule has 0 saturated heterocycles. The lowest BCUT2D eigenvalue weighted by Crippen LogP contribution is -2.22. The number of amides is 1. The Hall–Kier alpha value is -1.58. The molecule has 0 aromatic heterocycles. The Balaban J connectivity index is 2.18. The topological polar surface area (TPSA) is 29.5 Å². The van der Waals surface area contributed by atoms with Gasteiger partial charge in [0.1, 0.15) is 11.6 Å². The molecular formula is C12H14FNO2. The van der Waals surface area contributed by atoms with E-state index in [-0.39, 0.29) is 17.6 Å². The first-order chi connectivity index (χ1) is 7.58. The fourth-order valence-electron chi connectivity index (χ4n) is 1.36. The molecule has 0 spiro atoms. The van der Waals surface area contributed by atoms with Gasteiger partial charge in [-0.15, -0.1) is 0 Å². The molecular weight excluding hydrogens is 209 g/mol. The molecule has 0 N–H and O–H groups in total. The van der Waals surface area contributed by atoms with Crippen LogP contribution in [0.25, 0.3) is 0 Å². The third kappa shape index (κ3) is 2.32. The van der Waals surface area contributed by atoms with Crippen molar-refractivity contribution in [3.8, 4) is 5.75 Å². The van der Waals surface area contributed by atoms with Crippen molar-refractivity contribution in [3.63, 3.8) is 0 Å². The third-order valence-corrected chi connectivity index (χ3v) is 2.40. The Morgan fingerprint density at radius 1 is 1.44 bits per heavy atom. The highest BCUT2D eigenvalue weighted by Crippen LogP contribution is 2.27. The summed E-state index contributed by atoms with van der Waals surface area (Å²) in [4.78, 5) is 12.9. The van der Waals surface area contributed by atoms with Crippen molar-refractivity contribution in [2.24, 2.45) is 0 Å². The molecule has 0 atom stereocenters. The lowest BCUT2D eigenvalue weighted by atomic mass is 10.2. The number of hydrogen-bond donors (Lipinski definition) is 0. The van der Waals surface area contributed by atoms with Crippen LogP contribution in [0.2, 0.25) is 0 Å². The molecule has 0 unspecified atom stereocenters. The van der Waals surface area contributed by atoms with Gasteiger partial charge in [0.15, 0.2) is 0 Å². The second-order valence-corrected chi connectivity index (χ2v) is 4.16. The van der Waals surface area contributed by atoms with E-state index in [1.807, 2.05) is 0 Å². The molecule has 1 aromatic rings. The predicted octanol–water partition coefficient (Wildman–Crippen LogP) is 2.07. The number of halogens is 1. The molecule has 1 fully saturated rings. The van der Waals surface area contributed by atoms with E-state index in [9.17, 15) is 9.18 Å². The minimum atomic E-state index is -0.531. The van der Waals surface area contributed by atoms with Crippen molar-refractivity contribution in [2.45, 2.75) is 18.9 Å². The summed E-state index contributed by atoms with van der Waals surface area (Å²) in [6.07, 6.45) is 2.29. The van der Waals surface area contributed by atoms with Gasteiger partial charge in [0, 0.05) is 20.2 Å². The largest absolute Gasteiger partial charge is 0.490 e. The molecule has 0 bridgehead atoms. The number of hydrogen-bond acceptors (Lipinski definition) is 2. The van der Waals surface area contributed by atoms with Gasteiger partial charge in [0.05, 0.1) is 11.7 Å². The molecule has 0 radical (unpaired) electrons. The molecule has 1 amide bonds. The monoisotopic (exact) mass is 223 g/mol. The van der Waals surface area contributed by atoms with E-state index in [2.05, 4.69) is 0 Å². The van der Waals surface area contributed by atoms with Crippen LogP contribution in [0, 0.1) is 5.82 Å². The number of ether oxygens (including phenoxy) is 1. The van der Waals surface area contributed by atoms with Gasteiger partial charge in [0.2, 0.25) is 0 Å². The van der Waals surface area contributed by atoms with E-state index >= 15 is 0 Å². The zero-order valence-corrected chi connectivity index (χ0v) is 9.37. The smallest absolute Gasteiger partial charge is 0.256 e. The summed E-state index contributed by atoms with van der Waals surface area (Å²) in [6.45, 7) is 0. The third-order valence-electron chi connectivity index (χ3n) is 2.40. The molecule has 1 aliphatic rings. The van der Waals surface area contributed by atoms with Crippen molar-refractivity contribution in [3.05, 3.63) is 29.6 Å². The maximum absolute atomic E-state index is 13.6. The van der Waals surface area contributed by atoms with Crippen molar-refractivity contribution in [2.75, 3.05) is 14.1 Å². The molecule has 0 heterocycles. The number of carbonyl (C=O) groups is 1. The average Bonchev–Trinajstić information content (AvgIpc) is 3.01. The molecule has 1 aliphatic carbocycles. The normalized spacial score (nSPS) is 14.7. The zero-order valence-electron chi connectivity index (χ0n) is 9.37. The average molecular weight is 223 g/mol. The summed E-state index contributed by atoms with van der Waals surface area (Å²) in [7, 11) is 3.19. The van der Waals surface area contributed by atoms with Crippen LogP contribution in [0.4, 0.5) is 4.39 Å². The van der Waals surface area contributed by atoms with E-state index in [0.29, 0.717) is 5.75 Å². The summed E-state index contributed by atoms with van der Waals surface area (Å²) in [5.41, 5.74) is 0.0770. The fraction of sp³-hybridized carbons (Fsp3) is 0.417. The fourth-order valence-corrected chi connectivity index (χ4v) is 1.36. The van der Waals surface area contributed by atoms with Gasteiger partial charge in [-0.1, -0.05) is 0 Å². The summed E-state index contributed by atoms with van der Waals surface area (Å²) >= 11 is 0. The zero-order chi connectivity index (χ0) is 11.7. The van der Waals surface area contributed by atoms with Crippen molar-refractivity contribution in [1.82, 2.24) is 4.90 Å². The second kappa shape index (κ2) is 4.12. The van der Waals surface area contributed by atoms with Crippen LogP contribution in [0.15, 0.2) is 18.2 Å². The molecule has 1 saturated carbocycles. The lowest BCUT2D eigenvalue weighted by molar-refractivity contribution is 0.0823. The first-order valence-electron chi connectivity index (χ1n) is 5.26. The van der Waals surface area contributed by atoms with E-state index in [4.69, 9.17) is 4.74 Å². The number of benzene rings is 1. The summed E-state index contributed by atoms with van der Waals surface area (Å²) < 4.78 is 19.0. The highest BCUT2D eigenvalue weighted by atomic mass is 19.1. The first kappa shape index (κ1) is 10.9. The van der Waals surface area contributed by atoms with Crippen LogP contribution >= 0.6 is 0 Å². The van der Waals surface area contributed by atoms with Crippen LogP contribution in [0.3, 0.4) is 0 Å². The van der Waals surface area contributed by atoms with Crippen LogP contribution < -0.4 is 4.74 Å². The number of nitrogens with zero attached hydrogens (tertiary/aromatic N) is 1. The predicted molar refractivity (Wildman–Crippen MR) is 58.1 cm³/mol. The molecule has 4 heteroatoms. The lowest BCUT2D eigenvalue weighted by Gasteiger charge is -2.12. The van der Waals surface area contributed by atoms with Gasteiger partial charge in [-0.05, 0) is 25.0 Å². The van der Waals surface area contributed by atoms with Gasteiger partial charge in [-0.3, -0.25) is 4.79 Å². The van der Waals surface area contributed by atoms with Crippen molar-refractivity contribution in [1.29, 1.82) is 0 Å². The van der Waals surface area contributed by atoms with Gasteiger partial charge in [-0.25, -0.2) is 4.39 Å². The van der Waals surface area contributed by atoms with Crippen LogP contribution in [-0.2, 0) is 0 Å². The van der Waals surface area contributed by atoms with Gasteiger partial charge in [-0.2, -0.15) is 0 Å². The highest BCUT2D eigenvalue weighted by molar-refractivity contribution is 5.94. The van der Waals surface area contributed by atoms with Crippen molar-refractivity contribution >= 4 is 5.91 Å². The van der Waals surface area contributed by atoms with E-state index in [1.54, 1.807) is 20.2 Å². The Morgan fingerprint density at radius 2 is 2.12 bits per heavy atom. The SMILES string of the molecule is CN(C)C(=O)c1ccc(OC2CC2)cc1F. The molecule has 2 rings (SSSR count). The molecule has 1 aromatic carbocycles. The van der Waals surface area contributed by atoms with E-state index in [0.717, 1.165) is 12.8 Å². The van der Waals surface area contributed by atoms with E-state index < -0.39 is 5.82 Å². The van der Waals surface area contributed by atoms with Gasteiger partial charge >= 0.3 is 0 Å². The minimum absolute atomic E-state index is 0.0770. The molecule has 86 valence electrons. The number of rotatable bonds is 3. The Morgan fingerprint density at radius 3 is 2.62 bits per heavy atom. The Kier molecular flexibility index (Phi) is 2.81. The van der Waals surface area contributed by atoms with Crippen molar-refractivity contribution < 1.29 is 13.9 Å². The van der Waals surface area contributed by atoms with Gasteiger partial charge in [0.25, 0.3) is 5.91 Å². The molecule has 0 aliphatic heterocycles. The molecule has 16 heavy (non-hydrogen) atoms. The Bertz CT molecular complexity index is 413. The maximum Gasteiger partial charge on any atom is 0.256 e. The van der Waals surface area contributed by atoms with Crippen LogP contribution in [-0.4, -0.2) is 31.0 Å². The standard InChI is InChI=1S/C12H14FNO2/c1-14(2)12(15)10-6-5-9(7-11(10)13)16-8-3-4-8/h5-8H,3-4H2,1-2H3. The van der Waals surface area contributed by atoms with E-state index in [1.165, 1.54) is 17.0 Å². The van der Waals surface area contributed by atoms with Crippen LogP contribution in [0.1, 0.15) is 23.2 Å². The summed E-state index contributed by atoms with van der Waals surface area (Å²) in [5.74, 6) is -0.373. The highest BCUT2D eigenvalue weighted by Gasteiger charge is 2.24. The summed E-state index contributed by atoms with van der Waals surface area (Å²) in [6, 6.07) is 4.38. The van der Waals surface area contributed by atoms with Crippen LogP contribution in [0.5, 0.6) is 5.75 Å². The minimum Gasteiger partial charge on any atom is -0.490 e. The van der Waals surface area contributed by atoms with Gasteiger partial charge < -0.3 is 9.64 Å². The second-order valence-electron chi connectivity index (χ2n) is 4.16. The summed E-state index contributed by atoms with van der Waals surface area (Å²) in [5, 5.41) is 0.